The lowest BCUT2D eigenvalue weighted by molar-refractivity contribution is -0.490. The molecule has 0 unspecified atom stereocenters. The summed E-state index contributed by atoms with van der Waals surface area (Å²) in [5.74, 6) is 0. The van der Waals surface area contributed by atoms with Crippen molar-refractivity contribution in [1.29, 1.82) is 0 Å². The van der Waals surface area contributed by atoms with Crippen LogP contribution in [0, 0.1) is 6.92 Å². The molecule has 0 radical (unpaired) electrons. The molecule has 2 aromatic heterocycles. The summed E-state index contributed by atoms with van der Waals surface area (Å²) in [5.41, 5.74) is 3.94. The Morgan fingerprint density at radius 2 is 1.29 bits per heavy atom. The number of benzene rings is 2. The van der Waals surface area contributed by atoms with E-state index in [1.807, 2.05) is 0 Å². The first-order valence-corrected chi connectivity index (χ1v) is 9.47. The van der Waals surface area contributed by atoms with E-state index in [-0.39, 0.29) is 0 Å². The van der Waals surface area contributed by atoms with Crippen molar-refractivity contribution in [3.63, 3.8) is 0 Å². The van der Waals surface area contributed by atoms with Gasteiger partial charge in [-0.15, -0.1) is 0 Å². The van der Waals surface area contributed by atoms with Crippen LogP contribution in [0.1, 0.15) is 5.69 Å². The van der Waals surface area contributed by atoms with Crippen LogP contribution in [-0.2, 0) is 7.05 Å². The molecule has 118 valence electrons. The van der Waals surface area contributed by atoms with Gasteiger partial charge in [-0.05, 0) is 16.7 Å². The minimum atomic E-state index is -0.604. The first kappa shape index (κ1) is 15.1. The number of hydrogen-bond donors (Lipinski definition) is 0. The van der Waals surface area contributed by atoms with Crippen LogP contribution in [0.4, 0.5) is 0 Å². The van der Waals surface area contributed by atoms with E-state index < -0.39 is 7.92 Å². The fourth-order valence-electron chi connectivity index (χ4n) is 3.20. The lowest BCUT2D eigenvalue weighted by atomic mass is 10.4. The third-order valence-electron chi connectivity index (χ3n) is 4.48. The van der Waals surface area contributed by atoms with Crippen molar-refractivity contribution in [2.75, 3.05) is 0 Å². The Kier molecular flexibility index (Phi) is 3.92. The molecule has 0 bridgehead atoms. The van der Waals surface area contributed by atoms with Gasteiger partial charge in [-0.2, -0.15) is 4.40 Å². The Morgan fingerprint density at radius 1 is 0.750 bits per heavy atom. The smallest absolute Gasteiger partial charge is 0.230 e. The maximum Gasteiger partial charge on any atom is 0.286 e. The highest BCUT2D eigenvalue weighted by atomic mass is 31.1. The van der Waals surface area contributed by atoms with Gasteiger partial charge in [0.05, 0.1) is 13.2 Å². The zero-order valence-corrected chi connectivity index (χ0v) is 14.8. The van der Waals surface area contributed by atoms with Gasteiger partial charge in [-0.25, -0.2) is 4.57 Å². The van der Waals surface area contributed by atoms with Crippen LogP contribution in [0.15, 0.2) is 85.1 Å². The normalized spacial score (nSPS) is 11.3. The number of fused-ring (bicyclic) bond motifs is 1. The topological polar surface area (TPSA) is 9.03 Å². The third kappa shape index (κ3) is 2.44. The van der Waals surface area contributed by atoms with Gasteiger partial charge in [0.1, 0.15) is 5.69 Å². The number of nitrogens with zero attached hydrogens (tertiary/aromatic N) is 2. The van der Waals surface area contributed by atoms with E-state index in [2.05, 4.69) is 108 Å². The van der Waals surface area contributed by atoms with Crippen LogP contribution in [0.3, 0.4) is 0 Å². The van der Waals surface area contributed by atoms with Crippen LogP contribution in [-0.4, -0.2) is 4.57 Å². The Labute approximate surface area is 143 Å². The molecule has 0 N–H and O–H groups in total. The lowest BCUT2D eigenvalue weighted by Gasteiger charge is -2.16. The van der Waals surface area contributed by atoms with Crippen LogP contribution in [0.25, 0.3) is 5.65 Å². The maximum absolute atomic E-state index is 2.35. The molecule has 2 aromatic carbocycles. The maximum atomic E-state index is 2.35. The Hall–Kier alpha value is -2.44. The largest absolute Gasteiger partial charge is 0.286 e. The summed E-state index contributed by atoms with van der Waals surface area (Å²) in [6, 6.07) is 28.1. The molecule has 0 aliphatic carbocycles. The predicted octanol–water partition coefficient (Wildman–Crippen LogP) is 2.83. The Balaban J connectivity index is 2.04. The Bertz CT molecular complexity index is 935. The summed E-state index contributed by atoms with van der Waals surface area (Å²) in [6.07, 6.45) is 2.18. The number of rotatable bonds is 3. The molecule has 0 aliphatic heterocycles. The number of pyridine rings is 1. The van der Waals surface area contributed by atoms with Crippen molar-refractivity contribution in [3.05, 3.63) is 90.8 Å². The monoisotopic (exact) mass is 331 g/mol. The minimum absolute atomic E-state index is 0.604. The first-order chi connectivity index (χ1) is 11.8. The summed E-state index contributed by atoms with van der Waals surface area (Å²) in [6.45, 7) is 2.23. The number of hydrogen-bond acceptors (Lipinski definition) is 0. The zero-order chi connectivity index (χ0) is 16.5. The first-order valence-electron chi connectivity index (χ1n) is 8.13. The van der Waals surface area contributed by atoms with Crippen LogP contribution in [0.2, 0.25) is 0 Å². The highest BCUT2D eigenvalue weighted by Gasteiger charge is 2.29. The van der Waals surface area contributed by atoms with Crippen molar-refractivity contribution in [2.24, 2.45) is 7.05 Å². The predicted molar refractivity (Wildman–Crippen MR) is 102 cm³/mol. The van der Waals surface area contributed by atoms with Gasteiger partial charge in [0.15, 0.2) is 5.44 Å². The van der Waals surface area contributed by atoms with Gasteiger partial charge in [0.25, 0.3) is 5.65 Å². The summed E-state index contributed by atoms with van der Waals surface area (Å²) in [5, 5.41) is 2.76. The number of aryl methyl sites for hydroxylation is 1. The van der Waals surface area contributed by atoms with Gasteiger partial charge in [-0.3, -0.25) is 0 Å². The molecular weight excluding hydrogens is 311 g/mol. The van der Waals surface area contributed by atoms with E-state index in [9.17, 15) is 0 Å². The highest BCUT2D eigenvalue weighted by Crippen LogP contribution is 2.32. The molecule has 0 saturated carbocycles. The van der Waals surface area contributed by atoms with Gasteiger partial charge in [0, 0.05) is 20.9 Å². The average Bonchev–Trinajstić information content (AvgIpc) is 2.90. The third-order valence-corrected chi connectivity index (χ3v) is 7.07. The molecule has 2 heterocycles. The number of aromatic nitrogens is 2. The van der Waals surface area contributed by atoms with E-state index in [0.717, 1.165) is 0 Å². The van der Waals surface area contributed by atoms with E-state index in [1.54, 1.807) is 0 Å². The molecule has 2 nitrogen and oxygen atoms in total. The molecular formula is C21H20N2P+. The molecule has 4 rings (SSSR count). The molecule has 0 spiro atoms. The SMILES string of the molecule is Cc1c(P(c2ccccc2)c2ccccc2)[n+]2ccccc2n1C. The van der Waals surface area contributed by atoms with Crippen molar-refractivity contribution in [2.45, 2.75) is 6.92 Å². The molecule has 4 aromatic rings. The molecule has 0 saturated heterocycles. The fourth-order valence-corrected chi connectivity index (χ4v) is 5.79. The van der Waals surface area contributed by atoms with Crippen molar-refractivity contribution >= 4 is 29.6 Å². The van der Waals surface area contributed by atoms with Crippen molar-refractivity contribution in [3.8, 4) is 0 Å². The average molecular weight is 331 g/mol. The standard InChI is InChI=1S/C21H20N2P/c1-17-21(23-16-10-9-15-20(23)22(17)2)24(18-11-5-3-6-12-18)19-13-7-4-8-14-19/h3-16H,1-2H3/q+1. The van der Waals surface area contributed by atoms with Gasteiger partial charge in [-0.1, -0.05) is 66.7 Å². The van der Waals surface area contributed by atoms with E-state index in [4.69, 9.17) is 0 Å². The zero-order valence-electron chi connectivity index (χ0n) is 13.9. The lowest BCUT2D eigenvalue weighted by Crippen LogP contribution is -2.40. The highest BCUT2D eigenvalue weighted by molar-refractivity contribution is 7.79. The molecule has 3 heteroatoms. The van der Waals surface area contributed by atoms with Crippen molar-refractivity contribution < 1.29 is 4.40 Å². The van der Waals surface area contributed by atoms with Gasteiger partial charge >= 0.3 is 0 Å². The summed E-state index contributed by atoms with van der Waals surface area (Å²) < 4.78 is 4.64. The molecule has 0 amide bonds. The molecule has 0 atom stereocenters. The van der Waals surface area contributed by atoms with E-state index in [0.29, 0.717) is 0 Å². The minimum Gasteiger partial charge on any atom is -0.230 e. The van der Waals surface area contributed by atoms with Gasteiger partial charge in [0.2, 0.25) is 0 Å². The van der Waals surface area contributed by atoms with Crippen LogP contribution < -0.4 is 20.4 Å². The Morgan fingerprint density at radius 3 is 1.88 bits per heavy atom. The summed E-state index contributed by atoms with van der Waals surface area (Å²) in [7, 11) is 1.55. The van der Waals surface area contributed by atoms with Crippen molar-refractivity contribution in [1.82, 2.24) is 4.57 Å². The van der Waals surface area contributed by atoms with Crippen LogP contribution in [0.5, 0.6) is 0 Å². The molecule has 0 fully saturated rings. The fraction of sp³-hybridized carbons (Fsp3) is 0.0952. The second-order valence-electron chi connectivity index (χ2n) is 5.90. The molecule has 24 heavy (non-hydrogen) atoms. The second-order valence-corrected chi connectivity index (χ2v) is 8.03. The van der Waals surface area contributed by atoms with E-state index in [1.165, 1.54) is 27.4 Å². The molecule has 0 aliphatic rings. The van der Waals surface area contributed by atoms with E-state index >= 15 is 0 Å². The van der Waals surface area contributed by atoms with Gasteiger partial charge < -0.3 is 0 Å². The van der Waals surface area contributed by atoms with Crippen LogP contribution >= 0.6 is 7.92 Å². The quantitative estimate of drug-likeness (QED) is 0.403. The second kappa shape index (κ2) is 6.22. The number of imidazole rings is 1. The summed E-state index contributed by atoms with van der Waals surface area (Å²) >= 11 is 0. The summed E-state index contributed by atoms with van der Waals surface area (Å²) in [4.78, 5) is 0.